The highest BCUT2D eigenvalue weighted by Crippen LogP contribution is 2.62. The first-order chi connectivity index (χ1) is 20.4. The Balaban J connectivity index is 0.000000493. The van der Waals surface area contributed by atoms with Gasteiger partial charge >= 0.3 is 18.1 Å². The van der Waals surface area contributed by atoms with E-state index in [4.69, 9.17) is 33.0 Å². The second kappa shape index (κ2) is 10.4. The van der Waals surface area contributed by atoms with E-state index in [0.717, 1.165) is 11.1 Å². The first-order valence-corrected chi connectivity index (χ1v) is 12.6. The Bertz CT molecular complexity index is 1340. The largest absolute Gasteiger partial charge is 0.493 e. The van der Waals surface area contributed by atoms with Crippen LogP contribution in [0, 0.1) is 5.92 Å². The summed E-state index contributed by atoms with van der Waals surface area (Å²) in [5, 5.41) is 47.3. The van der Waals surface area contributed by atoms with E-state index in [9.17, 15) is 38.4 Å². The zero-order valence-corrected chi connectivity index (χ0v) is 21.4. The van der Waals surface area contributed by atoms with Crippen molar-refractivity contribution in [2.75, 3.05) is 20.6 Å². The molecule has 2 saturated heterocycles. The number of likely N-dealkylation sites (tertiary alicyclic amines) is 1. The van der Waals surface area contributed by atoms with Gasteiger partial charge in [0.05, 0.1) is 7.11 Å². The van der Waals surface area contributed by atoms with Crippen LogP contribution in [0.3, 0.4) is 0 Å². The number of aliphatic carboxylic acids is 2. The number of rotatable bonds is 4. The Labute approximate surface area is 235 Å². The molecule has 0 aromatic heterocycles. The molecule has 1 aromatic rings. The lowest BCUT2D eigenvalue weighted by Gasteiger charge is -2.57. The highest BCUT2D eigenvalue weighted by Gasteiger charge is 2.65. The number of ether oxygens (including phenoxy) is 4. The van der Waals surface area contributed by atoms with Gasteiger partial charge in [-0.25, -0.2) is 9.59 Å². The van der Waals surface area contributed by atoms with E-state index in [2.05, 4.69) is 0 Å². The van der Waals surface area contributed by atoms with Crippen molar-refractivity contribution < 1.29 is 71.4 Å². The molecule has 0 unspecified atom stereocenters. The molecule has 6 rings (SSSR count). The number of piperidine rings is 1. The molecule has 10 atom stereocenters. The van der Waals surface area contributed by atoms with Crippen LogP contribution in [0.2, 0.25) is 0 Å². The number of carboxylic acids is 2. The molecule has 3 aliphatic heterocycles. The second-order valence-corrected chi connectivity index (χ2v) is 10.5. The van der Waals surface area contributed by atoms with Crippen molar-refractivity contribution in [1.29, 1.82) is 0 Å². The number of carbonyl (C=O) groups is 2. The molecule has 5 aliphatic rings. The maximum atomic E-state index is 11.6. The van der Waals surface area contributed by atoms with Gasteiger partial charge in [0.25, 0.3) is 0 Å². The van der Waals surface area contributed by atoms with Gasteiger partial charge < -0.3 is 49.4 Å². The normalized spacial score (nSPS) is 40.1. The van der Waals surface area contributed by atoms with Crippen molar-refractivity contribution in [3.05, 3.63) is 35.4 Å². The average Bonchev–Trinajstić information content (AvgIpc) is 3.27. The minimum Gasteiger partial charge on any atom is -0.493 e. The van der Waals surface area contributed by atoms with E-state index in [0.29, 0.717) is 30.9 Å². The van der Waals surface area contributed by atoms with Crippen molar-refractivity contribution in [3.8, 4) is 11.5 Å². The third-order valence-electron chi connectivity index (χ3n) is 8.40. The topological polar surface area (TPSA) is 175 Å². The highest BCUT2D eigenvalue weighted by molar-refractivity contribution is 5.73. The zero-order chi connectivity index (χ0) is 32.5. The van der Waals surface area contributed by atoms with Gasteiger partial charge in [0.1, 0.15) is 30.5 Å². The predicted molar refractivity (Wildman–Crippen MR) is 129 cm³/mol. The Morgan fingerprint density at radius 2 is 1.85 bits per heavy atom. The van der Waals surface area contributed by atoms with Crippen LogP contribution in [0.4, 0.5) is 13.2 Å². The fourth-order valence-corrected chi connectivity index (χ4v) is 6.62. The summed E-state index contributed by atoms with van der Waals surface area (Å²) in [6.45, 7) is -1.96. The lowest BCUT2D eigenvalue weighted by Crippen LogP contribution is -2.66. The van der Waals surface area contributed by atoms with Crippen molar-refractivity contribution >= 4 is 11.9 Å². The third-order valence-corrected chi connectivity index (χ3v) is 8.40. The summed E-state index contributed by atoms with van der Waals surface area (Å²) in [7, 11) is 1.54. The monoisotopic (exact) mass is 592 g/mol. The SMILES string of the molecule is O=C(O)C(F)(F)F.[2H]C([2H])([2H])N1CC[C@]23c4c5ccc(OC)c4O[C@H]2[C@@H](O[C@@H]2O[C@H](C(=O)O)[C@@H](O)[C@H](O)[C@H]2O)C=C[C@H]3[C@H]1C5. The van der Waals surface area contributed by atoms with E-state index in [1.807, 2.05) is 12.1 Å². The predicted octanol–water partition coefficient (Wildman–Crippen LogP) is 0.0509. The van der Waals surface area contributed by atoms with Crippen LogP contribution in [0.5, 0.6) is 11.5 Å². The maximum Gasteiger partial charge on any atom is 0.490 e. The standard InChI is InChI=1S/C24H29NO9.C2HF3O2/c1-25-8-7-24-11-4-6-14(32-23-18(28)16(26)17(27)20(34-23)22(29)30)21(24)33-19-13(31-2)5-3-10(15(19)24)9-12(11)25;3-2(4,5)1(6)7/h3-6,11-12,14,16-18,20-21,23,26-28H,7-9H2,1-2H3,(H,29,30);(H,6,7)/t11-,12+,14-,16-,17-,18+,20-,21-,23+,24-;/m0./s1/i1D3;. The van der Waals surface area contributed by atoms with E-state index in [1.165, 1.54) is 0 Å². The van der Waals surface area contributed by atoms with E-state index < -0.39 is 73.4 Å². The molecular weight excluding hydrogens is 559 g/mol. The molecular formula is C26H30F3NO11. The van der Waals surface area contributed by atoms with Crippen LogP contribution in [0.25, 0.3) is 0 Å². The molecule has 2 aliphatic carbocycles. The summed E-state index contributed by atoms with van der Waals surface area (Å²) >= 11 is 0. The Morgan fingerprint density at radius 3 is 2.46 bits per heavy atom. The number of aliphatic hydroxyl groups is 3. The van der Waals surface area contributed by atoms with Gasteiger partial charge in [0, 0.05) is 27.1 Å². The number of methoxy groups -OCH3 is 1. The van der Waals surface area contributed by atoms with Crippen LogP contribution < -0.4 is 9.47 Å². The lowest BCUT2D eigenvalue weighted by atomic mass is 9.53. The molecule has 5 N–H and O–H groups in total. The first kappa shape index (κ1) is 25.7. The Kier molecular flexibility index (Phi) is 6.53. The smallest absolute Gasteiger partial charge is 0.490 e. The Morgan fingerprint density at radius 1 is 1.15 bits per heavy atom. The van der Waals surface area contributed by atoms with Gasteiger partial charge in [-0.15, -0.1) is 0 Å². The minimum atomic E-state index is -5.08. The van der Waals surface area contributed by atoms with Crippen molar-refractivity contribution in [2.45, 2.75) is 73.4 Å². The van der Waals surface area contributed by atoms with Gasteiger partial charge in [-0.05, 0) is 38.0 Å². The van der Waals surface area contributed by atoms with Crippen molar-refractivity contribution in [2.24, 2.45) is 5.92 Å². The summed E-state index contributed by atoms with van der Waals surface area (Å²) < 4.78 is 79.6. The number of alkyl halides is 3. The molecule has 15 heteroatoms. The molecule has 2 bridgehead atoms. The molecule has 226 valence electrons. The van der Waals surface area contributed by atoms with Crippen LogP contribution in [0.1, 0.15) is 21.7 Å². The third kappa shape index (κ3) is 4.64. The summed E-state index contributed by atoms with van der Waals surface area (Å²) in [6, 6.07) is 3.43. The first-order valence-electron chi connectivity index (χ1n) is 14.1. The second-order valence-electron chi connectivity index (χ2n) is 10.5. The molecule has 2 fully saturated rings. The van der Waals surface area contributed by atoms with Crippen LogP contribution in [-0.2, 0) is 30.9 Å². The number of hydrogen-bond donors (Lipinski definition) is 5. The van der Waals surface area contributed by atoms with Gasteiger partial charge in [-0.2, -0.15) is 13.2 Å². The Hall–Kier alpha value is -2.95. The number of nitrogens with zero attached hydrogens (tertiary/aromatic N) is 1. The number of carboxylic acid groups (broad SMARTS) is 2. The molecule has 0 saturated carbocycles. The number of benzene rings is 1. The number of halogens is 3. The number of likely N-dealkylation sites (N-methyl/N-ethyl adjacent to an activating group) is 1. The van der Waals surface area contributed by atoms with E-state index in [-0.39, 0.29) is 12.0 Å². The van der Waals surface area contributed by atoms with Gasteiger partial charge in [0.15, 0.2) is 23.9 Å². The fourth-order valence-electron chi connectivity index (χ4n) is 6.62. The van der Waals surface area contributed by atoms with Crippen molar-refractivity contribution in [1.82, 2.24) is 4.90 Å². The minimum absolute atomic E-state index is 0.205. The summed E-state index contributed by atoms with van der Waals surface area (Å²) in [5.41, 5.74) is 1.29. The van der Waals surface area contributed by atoms with E-state index >= 15 is 0 Å². The van der Waals surface area contributed by atoms with E-state index in [1.54, 1.807) is 24.2 Å². The van der Waals surface area contributed by atoms with Crippen LogP contribution in [-0.4, -0.2) is 118 Å². The van der Waals surface area contributed by atoms with Gasteiger partial charge in [0.2, 0.25) is 0 Å². The molecule has 12 nitrogen and oxygen atoms in total. The molecule has 1 aromatic carbocycles. The fraction of sp³-hybridized carbons (Fsp3) is 0.615. The number of aliphatic hydroxyl groups excluding tert-OH is 3. The molecule has 0 amide bonds. The summed E-state index contributed by atoms with van der Waals surface area (Å²) in [4.78, 5) is 22.0. The van der Waals surface area contributed by atoms with Gasteiger partial charge in [-0.1, -0.05) is 18.2 Å². The van der Waals surface area contributed by atoms with Gasteiger partial charge in [-0.3, -0.25) is 0 Å². The summed E-state index contributed by atoms with van der Waals surface area (Å²) in [5.74, 6) is -3.36. The lowest BCUT2D eigenvalue weighted by molar-refractivity contribution is -0.307. The van der Waals surface area contributed by atoms with Crippen LogP contribution >= 0.6 is 0 Å². The zero-order valence-electron chi connectivity index (χ0n) is 24.4. The summed E-state index contributed by atoms with van der Waals surface area (Å²) in [6.07, 6.45) is -10.6. The highest BCUT2D eigenvalue weighted by atomic mass is 19.4. The quantitative estimate of drug-likeness (QED) is 0.298. The molecule has 1 spiro atoms. The molecule has 3 heterocycles. The van der Waals surface area contributed by atoms with Crippen LogP contribution in [0.15, 0.2) is 24.3 Å². The molecule has 41 heavy (non-hydrogen) atoms. The van der Waals surface area contributed by atoms with Crippen molar-refractivity contribution in [3.63, 3.8) is 0 Å². The average molecular weight is 593 g/mol. The molecule has 0 radical (unpaired) electrons. The number of hydrogen-bond acceptors (Lipinski definition) is 10. The maximum absolute atomic E-state index is 11.6.